The maximum Gasteiger partial charge on any atom is 0.240 e. The number of amides is 2. The first-order valence-electron chi connectivity index (χ1n) is 10.0. The van der Waals surface area contributed by atoms with Gasteiger partial charge < -0.3 is 4.90 Å². The van der Waals surface area contributed by atoms with E-state index in [9.17, 15) is 22.4 Å². The van der Waals surface area contributed by atoms with Gasteiger partial charge in [-0.25, -0.2) is 27.5 Å². The first-order valence-corrected chi connectivity index (χ1v) is 11.5. The summed E-state index contributed by atoms with van der Waals surface area (Å²) in [7, 11) is -3.72. The molecule has 1 aromatic heterocycles. The number of aromatic nitrogens is 2. The summed E-state index contributed by atoms with van der Waals surface area (Å²) in [5.74, 6) is -0.423. The minimum Gasteiger partial charge on any atom is -0.341 e. The molecule has 0 unspecified atom stereocenters. The number of nitrogens with one attached hydrogen (secondary N) is 1. The van der Waals surface area contributed by atoms with Crippen LogP contribution >= 0.6 is 0 Å². The summed E-state index contributed by atoms with van der Waals surface area (Å²) in [6.45, 7) is 1.61. The van der Waals surface area contributed by atoms with E-state index in [1.807, 2.05) is 4.90 Å². The van der Waals surface area contributed by atoms with Crippen molar-refractivity contribution in [3.8, 4) is 0 Å². The van der Waals surface area contributed by atoms with Crippen molar-refractivity contribution in [3.63, 3.8) is 0 Å². The zero-order valence-corrected chi connectivity index (χ0v) is 17.5. The molecule has 0 saturated carbocycles. The third kappa shape index (κ3) is 4.72. The average molecular weight is 447 g/mol. The van der Waals surface area contributed by atoms with E-state index in [-0.39, 0.29) is 35.5 Å². The van der Waals surface area contributed by atoms with Crippen molar-refractivity contribution < 1.29 is 22.4 Å². The summed E-state index contributed by atoms with van der Waals surface area (Å²) in [6, 6.07) is 5.73. The lowest BCUT2D eigenvalue weighted by molar-refractivity contribution is -0.121. The first-order chi connectivity index (χ1) is 14.8. The van der Waals surface area contributed by atoms with E-state index >= 15 is 0 Å². The maximum absolute atomic E-state index is 13.0. The van der Waals surface area contributed by atoms with Crippen LogP contribution in [0.25, 0.3) is 0 Å². The molecule has 4 rings (SSSR count). The van der Waals surface area contributed by atoms with Crippen LogP contribution in [0.4, 0.5) is 16.0 Å². The minimum absolute atomic E-state index is 0.0764. The SMILES string of the molecule is O=C1CCC(=O)N1c1ccc(S(=O)(=O)NCC2CCN(c3ncc(F)cn3)CC2)cc1. The molecule has 2 saturated heterocycles. The minimum atomic E-state index is -3.72. The second-order valence-corrected chi connectivity index (χ2v) is 9.37. The molecule has 0 spiro atoms. The number of sulfonamides is 1. The summed E-state index contributed by atoms with van der Waals surface area (Å²) in [5, 5.41) is 0. The van der Waals surface area contributed by atoms with Crippen molar-refractivity contribution in [2.45, 2.75) is 30.6 Å². The van der Waals surface area contributed by atoms with Crippen LogP contribution in [0.1, 0.15) is 25.7 Å². The van der Waals surface area contributed by atoms with Crippen molar-refractivity contribution in [1.82, 2.24) is 14.7 Å². The molecule has 164 valence electrons. The Balaban J connectivity index is 1.32. The van der Waals surface area contributed by atoms with Crippen LogP contribution < -0.4 is 14.5 Å². The number of benzene rings is 1. The van der Waals surface area contributed by atoms with E-state index in [4.69, 9.17) is 0 Å². The predicted octanol–water partition coefficient (Wildman–Crippen LogP) is 1.46. The number of carbonyl (C=O) groups excluding carboxylic acids is 2. The van der Waals surface area contributed by atoms with Gasteiger partial charge in [0, 0.05) is 32.5 Å². The third-order valence-corrected chi connectivity index (χ3v) is 6.96. The van der Waals surface area contributed by atoms with Gasteiger partial charge in [-0.3, -0.25) is 14.5 Å². The van der Waals surface area contributed by atoms with Gasteiger partial charge in [0.1, 0.15) is 0 Å². The van der Waals surface area contributed by atoms with Gasteiger partial charge in [-0.05, 0) is 43.0 Å². The average Bonchev–Trinajstić information content (AvgIpc) is 3.11. The van der Waals surface area contributed by atoms with Gasteiger partial charge in [-0.15, -0.1) is 0 Å². The highest BCUT2D eigenvalue weighted by molar-refractivity contribution is 7.89. The van der Waals surface area contributed by atoms with Gasteiger partial charge in [0.15, 0.2) is 5.82 Å². The van der Waals surface area contributed by atoms with Crippen LogP contribution in [0.5, 0.6) is 0 Å². The third-order valence-electron chi connectivity index (χ3n) is 5.52. The first kappa shape index (κ1) is 21.3. The smallest absolute Gasteiger partial charge is 0.240 e. The summed E-state index contributed by atoms with van der Waals surface area (Å²) in [4.78, 5) is 34.7. The zero-order chi connectivity index (χ0) is 22.0. The van der Waals surface area contributed by atoms with Gasteiger partial charge >= 0.3 is 0 Å². The molecule has 1 aromatic carbocycles. The maximum atomic E-state index is 13.0. The van der Waals surface area contributed by atoms with Crippen LogP contribution in [0.15, 0.2) is 41.6 Å². The van der Waals surface area contributed by atoms with Gasteiger partial charge in [0.2, 0.25) is 27.8 Å². The summed E-state index contributed by atoms with van der Waals surface area (Å²) in [6.07, 6.45) is 4.11. The Morgan fingerprint density at radius 3 is 2.16 bits per heavy atom. The lowest BCUT2D eigenvalue weighted by Gasteiger charge is -2.31. The van der Waals surface area contributed by atoms with E-state index in [1.54, 1.807) is 0 Å². The zero-order valence-electron chi connectivity index (χ0n) is 16.7. The number of carbonyl (C=O) groups is 2. The highest BCUT2D eigenvalue weighted by Gasteiger charge is 2.30. The molecular weight excluding hydrogens is 425 g/mol. The summed E-state index contributed by atoms with van der Waals surface area (Å²) in [5.41, 5.74) is 0.377. The number of rotatable bonds is 6. The molecule has 0 aliphatic carbocycles. The molecule has 2 aliphatic heterocycles. The van der Waals surface area contributed by atoms with Gasteiger partial charge in [0.05, 0.1) is 23.0 Å². The fraction of sp³-hybridized carbons (Fsp3) is 0.400. The number of halogens is 1. The Kier molecular flexibility index (Phi) is 5.96. The molecule has 1 N–H and O–H groups in total. The van der Waals surface area contributed by atoms with Crippen molar-refractivity contribution in [1.29, 1.82) is 0 Å². The van der Waals surface area contributed by atoms with Crippen molar-refractivity contribution in [2.75, 3.05) is 29.4 Å². The van der Waals surface area contributed by atoms with E-state index in [2.05, 4.69) is 14.7 Å². The summed E-state index contributed by atoms with van der Waals surface area (Å²) < 4.78 is 40.9. The van der Waals surface area contributed by atoms with Crippen LogP contribution in [-0.2, 0) is 19.6 Å². The van der Waals surface area contributed by atoms with Crippen LogP contribution in [-0.4, -0.2) is 49.8 Å². The van der Waals surface area contributed by atoms with Crippen LogP contribution in [0.3, 0.4) is 0 Å². The molecule has 2 aliphatic rings. The molecule has 2 amide bonds. The highest BCUT2D eigenvalue weighted by Crippen LogP contribution is 2.24. The molecule has 3 heterocycles. The monoisotopic (exact) mass is 447 g/mol. The number of piperidine rings is 1. The number of imide groups is 1. The number of anilines is 2. The Morgan fingerprint density at radius 2 is 1.58 bits per heavy atom. The van der Waals surface area contributed by atoms with Crippen LogP contribution in [0.2, 0.25) is 0 Å². The summed E-state index contributed by atoms with van der Waals surface area (Å²) >= 11 is 0. The number of hydrogen-bond acceptors (Lipinski definition) is 7. The van der Waals surface area contributed by atoms with Gasteiger partial charge in [0.25, 0.3) is 0 Å². The number of hydrogen-bond donors (Lipinski definition) is 1. The van der Waals surface area contributed by atoms with E-state index in [0.29, 0.717) is 31.3 Å². The molecule has 0 atom stereocenters. The van der Waals surface area contributed by atoms with Crippen molar-refractivity contribution in [3.05, 3.63) is 42.5 Å². The number of nitrogens with zero attached hydrogens (tertiary/aromatic N) is 4. The normalized spacial score (nSPS) is 18.1. The lowest BCUT2D eigenvalue weighted by Crippen LogP contribution is -2.39. The Morgan fingerprint density at radius 1 is 1.00 bits per heavy atom. The van der Waals surface area contributed by atoms with Crippen molar-refractivity contribution in [2.24, 2.45) is 5.92 Å². The molecule has 31 heavy (non-hydrogen) atoms. The second kappa shape index (κ2) is 8.67. The molecule has 0 bridgehead atoms. The quantitative estimate of drug-likeness (QED) is 0.667. The van der Waals surface area contributed by atoms with E-state index in [0.717, 1.165) is 30.1 Å². The Bertz CT molecular complexity index is 1050. The lowest BCUT2D eigenvalue weighted by atomic mass is 9.97. The highest BCUT2D eigenvalue weighted by atomic mass is 32.2. The molecule has 11 heteroatoms. The fourth-order valence-corrected chi connectivity index (χ4v) is 4.87. The van der Waals surface area contributed by atoms with Gasteiger partial charge in [-0.1, -0.05) is 0 Å². The van der Waals surface area contributed by atoms with E-state index in [1.165, 1.54) is 24.3 Å². The van der Waals surface area contributed by atoms with Gasteiger partial charge in [-0.2, -0.15) is 0 Å². The fourth-order valence-electron chi connectivity index (χ4n) is 3.76. The Labute approximate surface area is 179 Å². The molecule has 2 fully saturated rings. The standard InChI is InChI=1S/C20H22FN5O4S/c21-15-12-22-20(23-13-15)25-9-7-14(8-10-25)11-24-31(29,30)17-3-1-16(2-4-17)26-18(27)5-6-19(26)28/h1-4,12-14,24H,5-11H2. The van der Waals surface area contributed by atoms with Crippen molar-refractivity contribution >= 4 is 33.5 Å². The van der Waals surface area contributed by atoms with Crippen LogP contribution in [0, 0.1) is 11.7 Å². The van der Waals surface area contributed by atoms with E-state index < -0.39 is 15.8 Å². The topological polar surface area (TPSA) is 113 Å². The molecule has 9 nitrogen and oxygen atoms in total. The molecule has 0 radical (unpaired) electrons. The molecule has 2 aromatic rings. The molecular formula is C20H22FN5O4S. The predicted molar refractivity (Wildman–Crippen MR) is 110 cm³/mol. The Hall–Kier alpha value is -2.92. The second-order valence-electron chi connectivity index (χ2n) is 7.60. The largest absolute Gasteiger partial charge is 0.341 e.